The van der Waals surface area contributed by atoms with Crippen molar-refractivity contribution in [2.24, 2.45) is 5.10 Å². The molecule has 0 saturated carbocycles. The lowest BCUT2D eigenvalue weighted by molar-refractivity contribution is -0.119. The summed E-state index contributed by atoms with van der Waals surface area (Å²) in [6.07, 6.45) is 0. The van der Waals surface area contributed by atoms with Gasteiger partial charge >= 0.3 is 0 Å². The molecule has 6 nitrogen and oxygen atoms in total. The summed E-state index contributed by atoms with van der Waals surface area (Å²) < 4.78 is 28.8. The van der Waals surface area contributed by atoms with Gasteiger partial charge in [0.2, 0.25) is 0 Å². The standard InChI is InChI=1S/C23H22IN3O3S/c1-17-7-6-8-21(15-17)27(31(29,30)22-9-4-3-5-10-22)16-23(28)26-25-18(2)19-11-13-20(24)14-12-19/h3-15H,16H2,1-2H3,(H,26,28)/b25-18-. The molecular weight excluding hydrogens is 525 g/mol. The lowest BCUT2D eigenvalue weighted by atomic mass is 10.1. The van der Waals surface area contributed by atoms with E-state index in [0.29, 0.717) is 11.4 Å². The van der Waals surface area contributed by atoms with Gasteiger partial charge in [-0.25, -0.2) is 13.8 Å². The summed E-state index contributed by atoms with van der Waals surface area (Å²) in [4.78, 5) is 12.8. The van der Waals surface area contributed by atoms with E-state index in [-0.39, 0.29) is 4.90 Å². The van der Waals surface area contributed by atoms with Crippen LogP contribution < -0.4 is 9.73 Å². The van der Waals surface area contributed by atoms with Gasteiger partial charge in [0, 0.05) is 3.57 Å². The molecule has 0 spiro atoms. The van der Waals surface area contributed by atoms with Gasteiger partial charge in [-0.1, -0.05) is 42.5 Å². The van der Waals surface area contributed by atoms with E-state index in [0.717, 1.165) is 19.0 Å². The molecule has 0 aromatic heterocycles. The molecule has 0 bridgehead atoms. The van der Waals surface area contributed by atoms with E-state index in [1.165, 1.54) is 12.1 Å². The van der Waals surface area contributed by atoms with Crippen molar-refractivity contribution in [2.75, 3.05) is 10.8 Å². The predicted octanol–water partition coefficient (Wildman–Crippen LogP) is 4.34. The molecule has 1 amide bonds. The average Bonchev–Trinajstić information content (AvgIpc) is 2.76. The molecule has 8 heteroatoms. The van der Waals surface area contributed by atoms with Gasteiger partial charge in [-0.2, -0.15) is 5.10 Å². The summed E-state index contributed by atoms with van der Waals surface area (Å²) in [5.41, 5.74) is 5.27. The van der Waals surface area contributed by atoms with Crippen molar-refractivity contribution in [2.45, 2.75) is 18.7 Å². The molecule has 31 heavy (non-hydrogen) atoms. The van der Waals surface area contributed by atoms with Crippen LogP contribution in [-0.4, -0.2) is 26.6 Å². The summed E-state index contributed by atoms with van der Waals surface area (Å²) in [6, 6.07) is 22.8. The summed E-state index contributed by atoms with van der Waals surface area (Å²) in [5, 5.41) is 4.14. The number of amides is 1. The van der Waals surface area contributed by atoms with Gasteiger partial charge in [0.25, 0.3) is 15.9 Å². The minimum Gasteiger partial charge on any atom is -0.271 e. The number of carbonyl (C=O) groups excluding carboxylic acids is 1. The van der Waals surface area contributed by atoms with Crippen LogP contribution in [0, 0.1) is 10.5 Å². The average molecular weight is 547 g/mol. The molecule has 0 atom stereocenters. The van der Waals surface area contributed by atoms with Gasteiger partial charge in [0.05, 0.1) is 16.3 Å². The number of sulfonamides is 1. The van der Waals surface area contributed by atoms with Gasteiger partial charge in [-0.3, -0.25) is 9.10 Å². The maximum atomic E-state index is 13.3. The Balaban J connectivity index is 1.86. The highest BCUT2D eigenvalue weighted by Gasteiger charge is 2.27. The smallest absolute Gasteiger partial charge is 0.264 e. The van der Waals surface area contributed by atoms with Crippen LogP contribution in [0.4, 0.5) is 5.69 Å². The van der Waals surface area contributed by atoms with Crippen molar-refractivity contribution in [1.29, 1.82) is 0 Å². The Labute approximate surface area is 196 Å². The van der Waals surface area contributed by atoms with Crippen molar-refractivity contribution in [1.82, 2.24) is 5.43 Å². The first-order chi connectivity index (χ1) is 14.8. The number of halogens is 1. The minimum absolute atomic E-state index is 0.114. The highest BCUT2D eigenvalue weighted by Crippen LogP contribution is 2.24. The molecule has 160 valence electrons. The number of hydrogen-bond donors (Lipinski definition) is 1. The number of benzene rings is 3. The third-order valence-electron chi connectivity index (χ3n) is 4.52. The van der Waals surface area contributed by atoms with Crippen molar-refractivity contribution in [3.63, 3.8) is 0 Å². The molecule has 0 fully saturated rings. The third kappa shape index (κ3) is 5.92. The Hall–Kier alpha value is -2.72. The van der Waals surface area contributed by atoms with Gasteiger partial charge in [-0.05, 0) is 84.0 Å². The fraction of sp³-hybridized carbons (Fsp3) is 0.130. The molecule has 1 N–H and O–H groups in total. The quantitative estimate of drug-likeness (QED) is 0.272. The summed E-state index contributed by atoms with van der Waals surface area (Å²) in [5.74, 6) is -0.536. The van der Waals surface area contributed by atoms with Gasteiger partial charge in [-0.15, -0.1) is 0 Å². The zero-order valence-corrected chi connectivity index (χ0v) is 20.1. The summed E-state index contributed by atoms with van der Waals surface area (Å²) in [6.45, 7) is 3.25. The minimum atomic E-state index is -3.94. The van der Waals surface area contributed by atoms with E-state index >= 15 is 0 Å². The Morgan fingerprint density at radius 1 is 1.00 bits per heavy atom. The number of anilines is 1. The fourth-order valence-electron chi connectivity index (χ4n) is 2.89. The molecule has 3 aromatic carbocycles. The second kappa shape index (κ2) is 10.1. The molecular formula is C23H22IN3O3S. The predicted molar refractivity (Wildman–Crippen MR) is 132 cm³/mol. The van der Waals surface area contributed by atoms with Crippen LogP contribution in [0.5, 0.6) is 0 Å². The fourth-order valence-corrected chi connectivity index (χ4v) is 4.68. The number of carbonyl (C=O) groups is 1. The van der Waals surface area contributed by atoms with E-state index < -0.39 is 22.5 Å². The highest BCUT2D eigenvalue weighted by atomic mass is 127. The summed E-state index contributed by atoms with van der Waals surface area (Å²) in [7, 11) is -3.94. The zero-order chi connectivity index (χ0) is 22.4. The van der Waals surface area contributed by atoms with Gasteiger partial charge in [0.15, 0.2) is 0 Å². The SMILES string of the molecule is C/C(=N/NC(=O)CN(c1cccc(C)c1)S(=O)(=O)c1ccccc1)c1ccc(I)cc1. The van der Waals surface area contributed by atoms with E-state index in [2.05, 4.69) is 33.1 Å². The van der Waals surface area contributed by atoms with Crippen LogP contribution >= 0.6 is 22.6 Å². The number of hydrazone groups is 1. The number of aryl methyl sites for hydroxylation is 1. The topological polar surface area (TPSA) is 78.8 Å². The van der Waals surface area contributed by atoms with E-state index in [9.17, 15) is 13.2 Å². The van der Waals surface area contributed by atoms with Gasteiger partial charge in [0.1, 0.15) is 6.54 Å². The Kier molecular flexibility index (Phi) is 7.45. The maximum absolute atomic E-state index is 13.3. The van der Waals surface area contributed by atoms with Crippen LogP contribution in [0.15, 0.2) is 88.9 Å². The third-order valence-corrected chi connectivity index (χ3v) is 7.03. The van der Waals surface area contributed by atoms with Crippen molar-refractivity contribution >= 4 is 49.9 Å². The van der Waals surface area contributed by atoms with Crippen molar-refractivity contribution < 1.29 is 13.2 Å². The first-order valence-corrected chi connectivity index (χ1v) is 12.0. The lowest BCUT2D eigenvalue weighted by Crippen LogP contribution is -2.39. The molecule has 3 aromatic rings. The van der Waals surface area contributed by atoms with Gasteiger partial charge < -0.3 is 0 Å². The molecule has 0 aliphatic heterocycles. The molecule has 3 rings (SSSR count). The molecule has 0 aliphatic rings. The van der Waals surface area contributed by atoms with Crippen molar-refractivity contribution in [3.05, 3.63) is 93.6 Å². The van der Waals surface area contributed by atoms with Crippen LogP contribution in [0.1, 0.15) is 18.1 Å². The van der Waals surface area contributed by atoms with E-state index in [1.807, 2.05) is 37.3 Å². The second-order valence-electron chi connectivity index (χ2n) is 6.90. The maximum Gasteiger partial charge on any atom is 0.264 e. The number of nitrogens with zero attached hydrogens (tertiary/aromatic N) is 2. The van der Waals surface area contributed by atoms with Crippen molar-refractivity contribution in [3.8, 4) is 0 Å². The zero-order valence-electron chi connectivity index (χ0n) is 17.1. The van der Waals surface area contributed by atoms with E-state index in [1.54, 1.807) is 43.3 Å². The number of hydrogen-bond acceptors (Lipinski definition) is 4. The second-order valence-corrected chi connectivity index (χ2v) is 10.0. The van der Waals surface area contributed by atoms with Crippen LogP contribution in [0.2, 0.25) is 0 Å². The molecule has 0 saturated heterocycles. The highest BCUT2D eigenvalue weighted by molar-refractivity contribution is 14.1. The lowest BCUT2D eigenvalue weighted by Gasteiger charge is -2.24. The molecule has 0 radical (unpaired) electrons. The van der Waals surface area contributed by atoms with E-state index in [4.69, 9.17) is 0 Å². The first kappa shape index (κ1) is 23.0. The van der Waals surface area contributed by atoms with Crippen LogP contribution in [0.3, 0.4) is 0 Å². The molecule has 0 heterocycles. The number of nitrogens with one attached hydrogen (secondary N) is 1. The Morgan fingerprint density at radius 2 is 1.68 bits per heavy atom. The Bertz CT molecular complexity index is 1190. The normalized spacial score (nSPS) is 11.8. The molecule has 0 aliphatic carbocycles. The largest absolute Gasteiger partial charge is 0.271 e. The first-order valence-electron chi connectivity index (χ1n) is 9.51. The number of rotatable bonds is 7. The monoisotopic (exact) mass is 547 g/mol. The molecule has 0 unspecified atom stereocenters. The Morgan fingerprint density at radius 3 is 2.32 bits per heavy atom. The van der Waals surface area contributed by atoms with Crippen LogP contribution in [0.25, 0.3) is 0 Å². The van der Waals surface area contributed by atoms with Crippen LogP contribution in [-0.2, 0) is 14.8 Å². The summed E-state index contributed by atoms with van der Waals surface area (Å²) >= 11 is 2.21.